The zero-order valence-corrected chi connectivity index (χ0v) is 15.2. The zero-order valence-electron chi connectivity index (χ0n) is 13.6. The van der Waals surface area contributed by atoms with Crippen LogP contribution in [0.1, 0.15) is 52.1 Å². The minimum absolute atomic E-state index is 0.0743. The highest BCUT2D eigenvalue weighted by Gasteiger charge is 2.27. The lowest BCUT2D eigenvalue weighted by Gasteiger charge is -2.38. The molecule has 0 aliphatic carbocycles. The van der Waals surface area contributed by atoms with Gasteiger partial charge in [0.15, 0.2) is 0 Å². The number of hydrogen-bond acceptors (Lipinski definition) is 2. The van der Waals surface area contributed by atoms with E-state index < -0.39 is 0 Å². The number of rotatable bonds is 8. The minimum atomic E-state index is -0.173. The summed E-state index contributed by atoms with van der Waals surface area (Å²) in [6, 6.07) is 5.47. The third-order valence-electron chi connectivity index (χ3n) is 3.93. The molecule has 0 saturated heterocycles. The summed E-state index contributed by atoms with van der Waals surface area (Å²) in [6.07, 6.45) is 2.10. The van der Waals surface area contributed by atoms with Gasteiger partial charge in [-0.15, -0.1) is 0 Å². The van der Waals surface area contributed by atoms with Gasteiger partial charge in [0.2, 0.25) is 0 Å². The molecule has 0 saturated carbocycles. The average Bonchev–Trinajstić information content (AvgIpc) is 2.44. The van der Waals surface area contributed by atoms with Gasteiger partial charge in [0.05, 0.1) is 6.04 Å². The Hall–Kier alpha value is -0.450. The Balaban J connectivity index is 3.19. The van der Waals surface area contributed by atoms with Gasteiger partial charge in [-0.25, -0.2) is 4.39 Å². The number of halogens is 2. The molecule has 0 aliphatic rings. The fourth-order valence-electron chi connectivity index (χ4n) is 2.92. The first-order valence-electron chi connectivity index (χ1n) is 7.85. The van der Waals surface area contributed by atoms with Gasteiger partial charge in [0.25, 0.3) is 0 Å². The van der Waals surface area contributed by atoms with Crippen LogP contribution in [0.4, 0.5) is 4.39 Å². The van der Waals surface area contributed by atoms with Gasteiger partial charge in [-0.1, -0.05) is 43.6 Å². The summed E-state index contributed by atoms with van der Waals surface area (Å²) in [4.78, 5) is 2.38. The fraction of sp³-hybridized carbons (Fsp3) is 0.647. The van der Waals surface area contributed by atoms with Crippen LogP contribution in [0.5, 0.6) is 0 Å². The van der Waals surface area contributed by atoms with Gasteiger partial charge >= 0.3 is 0 Å². The maximum absolute atomic E-state index is 14.3. The summed E-state index contributed by atoms with van der Waals surface area (Å²) in [5, 5.41) is 0. The van der Waals surface area contributed by atoms with Gasteiger partial charge in [-0.2, -0.15) is 0 Å². The lowest BCUT2D eigenvalue weighted by molar-refractivity contribution is 0.110. The van der Waals surface area contributed by atoms with Crippen molar-refractivity contribution in [2.24, 2.45) is 11.7 Å². The average molecular weight is 359 g/mol. The lowest BCUT2D eigenvalue weighted by atomic mass is 9.98. The molecule has 120 valence electrons. The van der Waals surface area contributed by atoms with E-state index in [0.717, 1.165) is 23.9 Å². The molecule has 1 atom stereocenters. The molecule has 0 fully saturated rings. The first-order valence-corrected chi connectivity index (χ1v) is 8.64. The lowest BCUT2D eigenvalue weighted by Crippen LogP contribution is -2.43. The summed E-state index contributed by atoms with van der Waals surface area (Å²) in [5.41, 5.74) is 6.72. The van der Waals surface area contributed by atoms with Crippen molar-refractivity contribution in [1.29, 1.82) is 0 Å². The van der Waals surface area contributed by atoms with E-state index in [1.807, 2.05) is 6.07 Å². The molecule has 1 aromatic rings. The Bertz CT molecular complexity index is 433. The van der Waals surface area contributed by atoms with Crippen LogP contribution >= 0.6 is 15.9 Å². The van der Waals surface area contributed by atoms with Crippen molar-refractivity contribution in [3.8, 4) is 0 Å². The largest absolute Gasteiger partial charge is 0.329 e. The molecule has 1 unspecified atom stereocenters. The van der Waals surface area contributed by atoms with Crippen molar-refractivity contribution in [2.75, 3.05) is 13.1 Å². The van der Waals surface area contributed by atoms with Crippen LogP contribution in [0, 0.1) is 11.7 Å². The van der Waals surface area contributed by atoms with Crippen LogP contribution in [-0.4, -0.2) is 24.0 Å². The van der Waals surface area contributed by atoms with Crippen LogP contribution < -0.4 is 5.73 Å². The van der Waals surface area contributed by atoms with Crippen molar-refractivity contribution in [3.63, 3.8) is 0 Å². The van der Waals surface area contributed by atoms with E-state index >= 15 is 0 Å². The second kappa shape index (κ2) is 8.86. The predicted octanol–water partition coefficient (Wildman–Crippen LogP) is 4.73. The van der Waals surface area contributed by atoms with Gasteiger partial charge in [-0.3, -0.25) is 4.90 Å². The Kier molecular flexibility index (Phi) is 7.85. The first kappa shape index (κ1) is 18.6. The molecule has 0 radical (unpaired) electrons. The highest BCUT2D eigenvalue weighted by molar-refractivity contribution is 9.10. The molecule has 0 aliphatic heterocycles. The second-order valence-electron chi connectivity index (χ2n) is 5.98. The Morgan fingerprint density at radius 2 is 1.86 bits per heavy atom. The van der Waals surface area contributed by atoms with Crippen LogP contribution in [0.3, 0.4) is 0 Å². The maximum Gasteiger partial charge on any atom is 0.128 e. The molecular formula is C17H28BrFN2. The number of nitrogens with two attached hydrogens (primary N) is 1. The van der Waals surface area contributed by atoms with E-state index in [4.69, 9.17) is 5.73 Å². The highest BCUT2D eigenvalue weighted by atomic mass is 79.9. The molecule has 0 bridgehead atoms. The Labute approximate surface area is 137 Å². The van der Waals surface area contributed by atoms with Crippen LogP contribution in [-0.2, 0) is 0 Å². The maximum atomic E-state index is 14.3. The third-order valence-corrected chi connectivity index (χ3v) is 4.42. The molecule has 2 N–H and O–H groups in total. The molecule has 0 spiro atoms. The fourth-order valence-corrected chi connectivity index (χ4v) is 3.30. The van der Waals surface area contributed by atoms with Crippen molar-refractivity contribution in [2.45, 2.75) is 52.6 Å². The minimum Gasteiger partial charge on any atom is -0.329 e. The molecule has 1 aromatic carbocycles. The van der Waals surface area contributed by atoms with Gasteiger partial charge < -0.3 is 5.73 Å². The van der Waals surface area contributed by atoms with E-state index in [-0.39, 0.29) is 11.9 Å². The van der Waals surface area contributed by atoms with Gasteiger partial charge in [0.1, 0.15) is 5.82 Å². The quantitative estimate of drug-likeness (QED) is 0.727. The first-order chi connectivity index (χ1) is 9.94. The predicted molar refractivity (Wildman–Crippen MR) is 91.8 cm³/mol. The summed E-state index contributed by atoms with van der Waals surface area (Å²) in [6.45, 7) is 10.1. The monoisotopic (exact) mass is 358 g/mol. The SMILES string of the molecule is CCC(CC)N(CC(C)C)C(CN)c1cc(Br)ccc1F. The summed E-state index contributed by atoms with van der Waals surface area (Å²) >= 11 is 3.44. The van der Waals surface area contributed by atoms with Crippen LogP contribution in [0.15, 0.2) is 22.7 Å². The molecule has 21 heavy (non-hydrogen) atoms. The zero-order chi connectivity index (χ0) is 16.0. The molecule has 1 rings (SSSR count). The summed E-state index contributed by atoms with van der Waals surface area (Å²) in [5.74, 6) is 0.350. The number of hydrogen-bond donors (Lipinski definition) is 1. The molecule has 0 aromatic heterocycles. The number of benzene rings is 1. The van der Waals surface area contributed by atoms with Crippen LogP contribution in [0.25, 0.3) is 0 Å². The molecule has 4 heteroatoms. The normalized spacial score (nSPS) is 13.4. The molecule has 2 nitrogen and oxygen atoms in total. The van der Waals surface area contributed by atoms with Crippen molar-refractivity contribution in [1.82, 2.24) is 4.90 Å². The van der Waals surface area contributed by atoms with Gasteiger partial charge in [0, 0.05) is 29.2 Å². The highest BCUT2D eigenvalue weighted by Crippen LogP contribution is 2.29. The summed E-state index contributed by atoms with van der Waals surface area (Å²) < 4.78 is 15.2. The third kappa shape index (κ3) is 5.04. The van der Waals surface area contributed by atoms with E-state index in [1.165, 1.54) is 6.07 Å². The van der Waals surface area contributed by atoms with Crippen LogP contribution in [0.2, 0.25) is 0 Å². The van der Waals surface area contributed by atoms with E-state index in [2.05, 4.69) is 48.5 Å². The Morgan fingerprint density at radius 1 is 1.24 bits per heavy atom. The van der Waals surface area contributed by atoms with E-state index in [9.17, 15) is 4.39 Å². The van der Waals surface area contributed by atoms with Gasteiger partial charge in [-0.05, 0) is 37.0 Å². The second-order valence-corrected chi connectivity index (χ2v) is 6.89. The standard InChI is InChI=1S/C17H28BrFN2/c1-5-14(6-2)21(11-12(3)4)17(10-20)15-9-13(18)7-8-16(15)19/h7-9,12,14,17H,5-6,10-11,20H2,1-4H3. The van der Waals surface area contributed by atoms with Crippen molar-refractivity contribution >= 4 is 15.9 Å². The van der Waals surface area contributed by atoms with E-state index in [1.54, 1.807) is 6.07 Å². The number of nitrogens with zero attached hydrogens (tertiary/aromatic N) is 1. The molecule has 0 amide bonds. The van der Waals surface area contributed by atoms with E-state index in [0.29, 0.717) is 24.1 Å². The Morgan fingerprint density at radius 3 is 2.33 bits per heavy atom. The van der Waals surface area contributed by atoms with Crippen molar-refractivity contribution < 1.29 is 4.39 Å². The van der Waals surface area contributed by atoms with Crippen molar-refractivity contribution in [3.05, 3.63) is 34.1 Å². The topological polar surface area (TPSA) is 29.3 Å². The summed E-state index contributed by atoms with van der Waals surface area (Å²) in [7, 11) is 0. The smallest absolute Gasteiger partial charge is 0.128 e. The molecular weight excluding hydrogens is 331 g/mol. The molecule has 0 heterocycles.